The molecule has 0 bridgehead atoms. The molecular formula is C39H57F5O11. The number of unbranched alkanes of at least 4 members (excludes halogenated alkanes) is 5. The van der Waals surface area contributed by atoms with Crippen LogP contribution in [0.1, 0.15) is 57.4 Å². The van der Waals surface area contributed by atoms with E-state index in [9.17, 15) is 26.7 Å². The lowest BCUT2D eigenvalue weighted by Crippen LogP contribution is -2.16. The van der Waals surface area contributed by atoms with Gasteiger partial charge in [0.25, 0.3) is 0 Å². The first-order valence-corrected chi connectivity index (χ1v) is 18.9. The van der Waals surface area contributed by atoms with Crippen LogP contribution in [-0.4, -0.2) is 118 Å². The second kappa shape index (κ2) is 32.2. The van der Waals surface area contributed by atoms with E-state index in [2.05, 4.69) is 23.8 Å². The van der Waals surface area contributed by atoms with E-state index in [4.69, 9.17) is 42.6 Å². The predicted molar refractivity (Wildman–Crippen MR) is 192 cm³/mol. The third-order valence-corrected chi connectivity index (χ3v) is 7.68. The molecule has 0 atom stereocenters. The molecule has 2 aromatic carbocycles. The molecule has 0 saturated carbocycles. The average molecular weight is 797 g/mol. The third-order valence-electron chi connectivity index (χ3n) is 7.68. The maximum Gasteiger partial charge on any atom is 0.313 e. The van der Waals surface area contributed by atoms with E-state index in [1.807, 2.05) is 12.1 Å². The SMILES string of the molecule is CCCCCCCCc1ccc(OCCOCCOCCOCCOCCOCCOCCOCCOCCC(=O)Oc2c(F)c(F)c(F)c(F)c2F)cc1. The predicted octanol–water partition coefficient (Wildman–Crippen LogP) is 6.79. The first-order valence-electron chi connectivity index (χ1n) is 18.9. The number of esters is 1. The van der Waals surface area contributed by atoms with E-state index < -0.39 is 47.2 Å². The molecule has 0 fully saturated rings. The molecule has 314 valence electrons. The fourth-order valence-corrected chi connectivity index (χ4v) is 4.72. The summed E-state index contributed by atoms with van der Waals surface area (Å²) < 4.78 is 120. The van der Waals surface area contributed by atoms with Crippen LogP contribution in [0.4, 0.5) is 22.0 Å². The highest BCUT2D eigenvalue weighted by Crippen LogP contribution is 2.29. The standard InChI is InChI=1S/C39H57F5O11/c1-2-3-4-5-6-7-8-31-9-11-32(12-10-31)54-30-29-53-28-27-52-26-25-51-24-23-50-22-21-49-20-19-48-18-17-47-16-15-46-14-13-33(45)55-39-37(43)35(41)34(40)36(42)38(39)44/h9-12H,2-8,13-30H2,1H3. The van der Waals surface area contributed by atoms with Crippen LogP contribution >= 0.6 is 0 Å². The lowest BCUT2D eigenvalue weighted by atomic mass is 10.0. The molecule has 16 heteroatoms. The monoisotopic (exact) mass is 796 g/mol. The molecule has 0 unspecified atom stereocenters. The molecular weight excluding hydrogens is 739 g/mol. The van der Waals surface area contributed by atoms with Gasteiger partial charge in [-0.15, -0.1) is 0 Å². The fourth-order valence-electron chi connectivity index (χ4n) is 4.72. The molecule has 2 aromatic rings. The smallest absolute Gasteiger partial charge is 0.313 e. The van der Waals surface area contributed by atoms with Gasteiger partial charge >= 0.3 is 5.97 Å². The van der Waals surface area contributed by atoms with Gasteiger partial charge in [-0.2, -0.15) is 8.78 Å². The molecule has 0 radical (unpaired) electrons. The normalized spacial score (nSPS) is 11.4. The Kier molecular flexibility index (Phi) is 28.2. The Morgan fingerprint density at radius 1 is 0.455 bits per heavy atom. The van der Waals surface area contributed by atoms with E-state index in [0.29, 0.717) is 85.9 Å². The zero-order chi connectivity index (χ0) is 39.8. The molecule has 0 N–H and O–H groups in total. The zero-order valence-electron chi connectivity index (χ0n) is 31.9. The lowest BCUT2D eigenvalue weighted by molar-refractivity contribution is -0.136. The Balaban J connectivity index is 1.24. The molecule has 0 spiro atoms. The Bertz CT molecular complexity index is 1240. The van der Waals surface area contributed by atoms with Crippen molar-refractivity contribution in [3.05, 3.63) is 58.9 Å². The van der Waals surface area contributed by atoms with E-state index in [-0.39, 0.29) is 26.4 Å². The van der Waals surface area contributed by atoms with Crippen LogP contribution in [0.25, 0.3) is 0 Å². The van der Waals surface area contributed by atoms with Crippen molar-refractivity contribution < 1.29 is 74.1 Å². The van der Waals surface area contributed by atoms with Crippen LogP contribution in [0.5, 0.6) is 11.5 Å². The van der Waals surface area contributed by atoms with Gasteiger partial charge in [-0.25, -0.2) is 13.2 Å². The van der Waals surface area contributed by atoms with Crippen molar-refractivity contribution in [2.75, 3.05) is 112 Å². The molecule has 55 heavy (non-hydrogen) atoms. The van der Waals surface area contributed by atoms with E-state index in [1.54, 1.807) is 0 Å². The van der Waals surface area contributed by atoms with Crippen molar-refractivity contribution in [3.8, 4) is 11.5 Å². The molecule has 0 saturated heterocycles. The second-order valence-electron chi connectivity index (χ2n) is 12.0. The number of aryl methyl sites for hydroxylation is 1. The van der Waals surface area contributed by atoms with Gasteiger partial charge in [0.15, 0.2) is 0 Å². The largest absolute Gasteiger partial charge is 0.491 e. The summed E-state index contributed by atoms with van der Waals surface area (Å²) in [6, 6.07) is 8.33. The van der Waals surface area contributed by atoms with Crippen molar-refractivity contribution in [3.63, 3.8) is 0 Å². The second-order valence-corrected chi connectivity index (χ2v) is 12.0. The van der Waals surface area contributed by atoms with E-state index in [0.717, 1.165) is 12.2 Å². The van der Waals surface area contributed by atoms with Crippen LogP contribution in [0.2, 0.25) is 0 Å². The summed E-state index contributed by atoms with van der Waals surface area (Å²) >= 11 is 0. The summed E-state index contributed by atoms with van der Waals surface area (Å²) in [6.45, 7) is 8.20. The highest BCUT2D eigenvalue weighted by Gasteiger charge is 2.28. The van der Waals surface area contributed by atoms with Gasteiger partial charge in [0.05, 0.1) is 112 Å². The van der Waals surface area contributed by atoms with Crippen LogP contribution in [0.3, 0.4) is 0 Å². The Hall–Kier alpha value is -2.96. The Morgan fingerprint density at radius 3 is 1.25 bits per heavy atom. The van der Waals surface area contributed by atoms with Gasteiger partial charge in [0.2, 0.25) is 34.8 Å². The molecule has 0 aliphatic heterocycles. The van der Waals surface area contributed by atoms with Crippen molar-refractivity contribution in [1.29, 1.82) is 0 Å². The summed E-state index contributed by atoms with van der Waals surface area (Å²) in [6.07, 6.45) is 8.46. The lowest BCUT2D eigenvalue weighted by Gasteiger charge is -2.09. The zero-order valence-corrected chi connectivity index (χ0v) is 31.9. The minimum absolute atomic E-state index is 0.0833. The van der Waals surface area contributed by atoms with Crippen molar-refractivity contribution in [2.45, 2.75) is 58.3 Å². The minimum Gasteiger partial charge on any atom is -0.491 e. The molecule has 0 heterocycles. The highest BCUT2D eigenvalue weighted by atomic mass is 19.2. The molecule has 2 rings (SSSR count). The number of carbonyl (C=O) groups is 1. The summed E-state index contributed by atoms with van der Waals surface area (Å²) in [7, 11) is 0. The van der Waals surface area contributed by atoms with Crippen LogP contribution in [-0.2, 0) is 49.1 Å². The molecule has 0 aliphatic rings. The maximum atomic E-state index is 13.6. The summed E-state index contributed by atoms with van der Waals surface area (Å²) in [5, 5.41) is 0. The Labute approximate surface area is 320 Å². The number of hydrogen-bond acceptors (Lipinski definition) is 11. The van der Waals surface area contributed by atoms with Gasteiger partial charge in [-0.05, 0) is 30.5 Å². The van der Waals surface area contributed by atoms with Crippen molar-refractivity contribution in [1.82, 2.24) is 0 Å². The summed E-state index contributed by atoms with van der Waals surface area (Å²) in [4.78, 5) is 11.7. The molecule has 0 aliphatic carbocycles. The van der Waals surface area contributed by atoms with Gasteiger partial charge in [-0.3, -0.25) is 4.79 Å². The number of rotatable bonds is 36. The third kappa shape index (κ3) is 23.0. The van der Waals surface area contributed by atoms with Gasteiger partial charge in [0, 0.05) is 0 Å². The summed E-state index contributed by atoms with van der Waals surface area (Å²) in [5.74, 6) is -13.3. The number of benzene rings is 2. The van der Waals surface area contributed by atoms with E-state index in [1.165, 1.54) is 44.1 Å². The molecule has 0 aromatic heterocycles. The first-order chi connectivity index (χ1) is 26.8. The summed E-state index contributed by atoms with van der Waals surface area (Å²) in [5.41, 5.74) is 1.35. The first kappa shape index (κ1) is 48.2. The molecule has 11 nitrogen and oxygen atoms in total. The van der Waals surface area contributed by atoms with Crippen molar-refractivity contribution in [2.24, 2.45) is 0 Å². The average Bonchev–Trinajstić information content (AvgIpc) is 3.19. The quantitative estimate of drug-likeness (QED) is 0.0182. The highest BCUT2D eigenvalue weighted by molar-refractivity contribution is 5.72. The van der Waals surface area contributed by atoms with Crippen LogP contribution in [0.15, 0.2) is 24.3 Å². The van der Waals surface area contributed by atoms with Gasteiger partial charge in [-0.1, -0.05) is 51.2 Å². The number of ether oxygens (including phenoxy) is 10. The molecule has 0 amide bonds. The number of halogens is 5. The van der Waals surface area contributed by atoms with Crippen LogP contribution in [0, 0.1) is 29.1 Å². The topological polar surface area (TPSA) is 109 Å². The number of hydrogen-bond donors (Lipinski definition) is 0. The van der Waals surface area contributed by atoms with Gasteiger partial charge < -0.3 is 47.4 Å². The fraction of sp³-hybridized carbons (Fsp3) is 0.667. The van der Waals surface area contributed by atoms with Crippen molar-refractivity contribution >= 4 is 5.97 Å². The van der Waals surface area contributed by atoms with Gasteiger partial charge in [0.1, 0.15) is 12.4 Å². The van der Waals surface area contributed by atoms with Crippen LogP contribution < -0.4 is 9.47 Å². The Morgan fingerprint density at radius 2 is 0.818 bits per heavy atom. The number of carbonyl (C=O) groups excluding carboxylic acids is 1. The maximum absolute atomic E-state index is 13.6. The van der Waals surface area contributed by atoms with E-state index >= 15 is 0 Å². The minimum atomic E-state index is -2.35.